The molecule has 1 heterocycles. The number of non-ortho nitro benzene ring substituents is 1. The van der Waals surface area contributed by atoms with Gasteiger partial charge in [0.05, 0.1) is 4.92 Å². The molecule has 0 saturated heterocycles. The lowest BCUT2D eigenvalue weighted by atomic mass is 10.3. The van der Waals surface area contributed by atoms with Gasteiger partial charge < -0.3 is 4.42 Å². The Labute approximate surface area is 121 Å². The number of hydrogen-bond acceptors (Lipinski definition) is 6. The molecule has 0 amide bonds. The first-order valence-electron chi connectivity index (χ1n) is 5.67. The van der Waals surface area contributed by atoms with Gasteiger partial charge in [0.25, 0.3) is 10.9 Å². The smallest absolute Gasteiger partial charge is 0.269 e. The maximum Gasteiger partial charge on any atom is 0.269 e. The molecule has 5 nitrogen and oxygen atoms in total. The zero-order valence-corrected chi connectivity index (χ0v) is 11.7. The summed E-state index contributed by atoms with van der Waals surface area (Å²) in [5.74, 6) is 0. The van der Waals surface area contributed by atoms with Gasteiger partial charge in [-0.15, -0.1) is 0 Å². The summed E-state index contributed by atoms with van der Waals surface area (Å²) in [6, 6.07) is 13.9. The van der Waals surface area contributed by atoms with Crippen molar-refractivity contribution in [2.24, 2.45) is 0 Å². The predicted molar refractivity (Wildman–Crippen MR) is 78.8 cm³/mol. The molecule has 0 unspecified atom stereocenters. The van der Waals surface area contributed by atoms with E-state index in [1.807, 2.05) is 24.3 Å². The van der Waals surface area contributed by atoms with Gasteiger partial charge in [0.1, 0.15) is 5.52 Å². The second-order valence-electron chi connectivity index (χ2n) is 3.87. The number of rotatable bonds is 4. The van der Waals surface area contributed by atoms with Gasteiger partial charge in [0.15, 0.2) is 5.58 Å². The van der Waals surface area contributed by atoms with Crippen LogP contribution in [0.25, 0.3) is 11.1 Å². The maximum absolute atomic E-state index is 10.6. The molecule has 0 bridgehead atoms. The topological polar surface area (TPSA) is 69.2 Å². The number of para-hydroxylation sites is 2. The van der Waals surface area contributed by atoms with Gasteiger partial charge in [-0.3, -0.25) is 10.1 Å². The van der Waals surface area contributed by atoms with E-state index in [4.69, 9.17) is 4.42 Å². The molecule has 0 radical (unpaired) electrons. The van der Waals surface area contributed by atoms with Gasteiger partial charge in [0.2, 0.25) is 0 Å². The largest absolute Gasteiger partial charge is 0.431 e. The lowest BCUT2D eigenvalue weighted by molar-refractivity contribution is -0.384. The average molecular weight is 304 g/mol. The lowest BCUT2D eigenvalue weighted by Gasteiger charge is -1.97. The number of nitro groups is 1. The van der Waals surface area contributed by atoms with E-state index in [1.165, 1.54) is 33.7 Å². The highest BCUT2D eigenvalue weighted by Crippen LogP contribution is 2.38. The SMILES string of the molecule is O=[N+]([O-])c1ccc(SSc2nc3ccccc3o2)cc1. The zero-order chi connectivity index (χ0) is 13.9. The van der Waals surface area contributed by atoms with Crippen LogP contribution < -0.4 is 0 Å². The number of oxazole rings is 1. The van der Waals surface area contributed by atoms with Crippen molar-refractivity contribution >= 4 is 38.4 Å². The number of hydrogen-bond donors (Lipinski definition) is 0. The van der Waals surface area contributed by atoms with Crippen molar-refractivity contribution in [2.45, 2.75) is 10.1 Å². The van der Waals surface area contributed by atoms with Gasteiger partial charge in [-0.2, -0.15) is 0 Å². The van der Waals surface area contributed by atoms with E-state index >= 15 is 0 Å². The molecule has 7 heteroatoms. The standard InChI is InChI=1S/C13H8N2O3S2/c16-15(17)9-5-7-10(8-6-9)19-20-13-14-11-3-1-2-4-12(11)18-13/h1-8H. The zero-order valence-electron chi connectivity index (χ0n) is 10.1. The second-order valence-corrected chi connectivity index (χ2v) is 6.02. The average Bonchev–Trinajstić information content (AvgIpc) is 2.88. The van der Waals surface area contributed by atoms with E-state index in [-0.39, 0.29) is 5.69 Å². The van der Waals surface area contributed by atoms with E-state index in [0.717, 1.165) is 16.0 Å². The Bertz CT molecular complexity index is 723. The number of aromatic nitrogens is 1. The summed E-state index contributed by atoms with van der Waals surface area (Å²) >= 11 is 0. The van der Waals surface area contributed by atoms with Crippen LogP contribution >= 0.6 is 21.6 Å². The minimum atomic E-state index is -0.414. The van der Waals surface area contributed by atoms with Crippen LogP contribution in [0, 0.1) is 10.1 Å². The van der Waals surface area contributed by atoms with Crippen molar-refractivity contribution in [3.63, 3.8) is 0 Å². The van der Waals surface area contributed by atoms with E-state index in [1.54, 1.807) is 12.1 Å². The molecule has 1 aromatic heterocycles. The Balaban J connectivity index is 1.71. The van der Waals surface area contributed by atoms with Crippen LogP contribution in [-0.2, 0) is 0 Å². The van der Waals surface area contributed by atoms with Crippen LogP contribution in [0.2, 0.25) is 0 Å². The van der Waals surface area contributed by atoms with E-state index in [0.29, 0.717) is 5.22 Å². The van der Waals surface area contributed by atoms with Crippen molar-refractivity contribution in [1.82, 2.24) is 4.98 Å². The summed E-state index contributed by atoms with van der Waals surface area (Å²) in [4.78, 5) is 15.4. The van der Waals surface area contributed by atoms with Crippen LogP contribution in [0.4, 0.5) is 5.69 Å². The number of benzene rings is 2. The summed E-state index contributed by atoms with van der Waals surface area (Å²) in [7, 11) is 2.83. The first kappa shape index (κ1) is 13.0. The third-order valence-corrected chi connectivity index (χ3v) is 4.65. The van der Waals surface area contributed by atoms with E-state index in [2.05, 4.69) is 4.98 Å². The molecular weight excluding hydrogens is 296 g/mol. The molecule has 0 fully saturated rings. The maximum atomic E-state index is 10.6. The summed E-state index contributed by atoms with van der Waals surface area (Å²) < 4.78 is 5.57. The van der Waals surface area contributed by atoms with E-state index in [9.17, 15) is 10.1 Å². The monoisotopic (exact) mass is 304 g/mol. The normalized spacial score (nSPS) is 10.8. The van der Waals surface area contributed by atoms with Gasteiger partial charge in [0, 0.05) is 27.8 Å². The Kier molecular flexibility index (Phi) is 3.62. The van der Waals surface area contributed by atoms with Crippen molar-refractivity contribution < 1.29 is 9.34 Å². The summed E-state index contributed by atoms with van der Waals surface area (Å²) in [6.07, 6.45) is 0. The fourth-order valence-corrected chi connectivity index (χ4v) is 3.32. The molecule has 0 saturated carbocycles. The first-order chi connectivity index (χ1) is 9.72. The molecule has 0 aliphatic rings. The first-order valence-corrected chi connectivity index (χ1v) is 7.82. The van der Waals surface area contributed by atoms with Crippen molar-refractivity contribution in [2.75, 3.05) is 0 Å². The highest BCUT2D eigenvalue weighted by molar-refractivity contribution is 8.76. The van der Waals surface area contributed by atoms with Crippen molar-refractivity contribution in [3.8, 4) is 0 Å². The quantitative estimate of drug-likeness (QED) is 0.400. The molecule has 3 aromatic rings. The number of nitrogens with zero attached hydrogens (tertiary/aromatic N) is 2. The Morgan fingerprint density at radius 1 is 1.05 bits per heavy atom. The third-order valence-electron chi connectivity index (χ3n) is 2.53. The Hall–Kier alpha value is -1.99. The fraction of sp³-hybridized carbons (Fsp3) is 0. The van der Waals surface area contributed by atoms with Crippen LogP contribution in [0.15, 0.2) is 63.1 Å². The molecule has 0 aliphatic carbocycles. The summed E-state index contributed by atoms with van der Waals surface area (Å²) in [5, 5.41) is 11.1. The molecule has 100 valence electrons. The molecule has 0 aliphatic heterocycles. The molecule has 3 rings (SSSR count). The summed E-state index contributed by atoms with van der Waals surface area (Å²) in [6.45, 7) is 0. The molecule has 0 spiro atoms. The predicted octanol–water partition coefficient (Wildman–Crippen LogP) is 4.54. The van der Waals surface area contributed by atoms with Gasteiger partial charge in [-0.25, -0.2) is 4.98 Å². The van der Waals surface area contributed by atoms with Crippen LogP contribution in [-0.4, -0.2) is 9.91 Å². The minimum absolute atomic E-state index is 0.0845. The van der Waals surface area contributed by atoms with Gasteiger partial charge >= 0.3 is 0 Å². The molecule has 2 aromatic carbocycles. The third kappa shape index (κ3) is 2.78. The molecular formula is C13H8N2O3S2. The van der Waals surface area contributed by atoms with Crippen molar-refractivity contribution in [1.29, 1.82) is 0 Å². The van der Waals surface area contributed by atoms with Gasteiger partial charge in [-0.1, -0.05) is 12.1 Å². The number of nitro benzene ring substituents is 1. The van der Waals surface area contributed by atoms with Gasteiger partial charge in [-0.05, 0) is 35.1 Å². The highest BCUT2D eigenvalue weighted by Gasteiger charge is 2.08. The highest BCUT2D eigenvalue weighted by atomic mass is 33.1. The fourth-order valence-electron chi connectivity index (χ4n) is 1.59. The van der Waals surface area contributed by atoms with E-state index < -0.39 is 4.92 Å². The Morgan fingerprint density at radius 3 is 2.50 bits per heavy atom. The lowest BCUT2D eigenvalue weighted by Crippen LogP contribution is -1.86. The second kappa shape index (κ2) is 5.56. The van der Waals surface area contributed by atoms with Crippen LogP contribution in [0.1, 0.15) is 0 Å². The minimum Gasteiger partial charge on any atom is -0.431 e. The van der Waals surface area contributed by atoms with Crippen LogP contribution in [0.3, 0.4) is 0 Å². The van der Waals surface area contributed by atoms with Crippen molar-refractivity contribution in [3.05, 3.63) is 58.6 Å². The summed E-state index contributed by atoms with van der Waals surface area (Å²) in [5.41, 5.74) is 1.65. The number of fused-ring (bicyclic) bond motifs is 1. The molecule has 0 atom stereocenters. The van der Waals surface area contributed by atoms with Crippen LogP contribution in [0.5, 0.6) is 0 Å². The molecule has 0 N–H and O–H groups in total. The molecule has 20 heavy (non-hydrogen) atoms. The Morgan fingerprint density at radius 2 is 1.80 bits per heavy atom.